The average molecular weight is 461 g/mol. The van der Waals surface area contributed by atoms with Crippen LogP contribution >= 0.6 is 10.8 Å². The first-order chi connectivity index (χ1) is 13.9. The molecule has 4 aliphatic rings. The van der Waals surface area contributed by atoms with E-state index >= 15 is 0 Å². The van der Waals surface area contributed by atoms with Crippen molar-refractivity contribution < 1.29 is 31.5 Å². The molecule has 4 bridgehead atoms. The second-order valence-corrected chi connectivity index (χ2v) is 13.6. The summed E-state index contributed by atoms with van der Waals surface area (Å²) in [5.41, 5.74) is -1.76. The summed E-state index contributed by atoms with van der Waals surface area (Å²) in [6.07, 6.45) is -0.558. The molecule has 0 spiro atoms. The molecule has 0 saturated heterocycles. The van der Waals surface area contributed by atoms with Gasteiger partial charge in [-0.1, -0.05) is 36.4 Å². The van der Waals surface area contributed by atoms with Crippen LogP contribution in [-0.4, -0.2) is 30.4 Å². The van der Waals surface area contributed by atoms with Gasteiger partial charge in [-0.3, -0.25) is 0 Å². The second kappa shape index (κ2) is 7.29. The maximum atomic E-state index is 13.3. The van der Waals surface area contributed by atoms with Crippen LogP contribution in [0.25, 0.3) is 0 Å². The number of rotatable bonds is 6. The van der Waals surface area contributed by atoms with Crippen molar-refractivity contribution in [2.45, 2.75) is 55.2 Å². The number of carboxylic acids is 1. The van der Waals surface area contributed by atoms with E-state index in [0.717, 1.165) is 23.3 Å². The molecule has 4 saturated carbocycles. The van der Waals surface area contributed by atoms with Gasteiger partial charge in [0.15, 0.2) is 0 Å². The Morgan fingerprint density at radius 2 is 1.73 bits per heavy atom. The lowest BCUT2D eigenvalue weighted by molar-refractivity contribution is -0.145. The number of benzene rings is 1. The molecule has 0 aliphatic heterocycles. The summed E-state index contributed by atoms with van der Waals surface area (Å²) in [6, 6.07) is 8.82. The zero-order chi connectivity index (χ0) is 21.8. The van der Waals surface area contributed by atoms with Crippen LogP contribution in [0.15, 0.2) is 42.0 Å². The number of carboxylic acid groups (broad SMARTS) is 1. The minimum Gasteiger partial charge on any atom is -0.478 e. The van der Waals surface area contributed by atoms with E-state index in [1.165, 1.54) is 0 Å². The van der Waals surface area contributed by atoms with Gasteiger partial charge in [0, 0.05) is 4.75 Å². The Hall–Kier alpha value is -1.48. The highest BCUT2D eigenvalue weighted by Crippen LogP contribution is 2.67. The monoisotopic (exact) mass is 460 g/mol. The lowest BCUT2D eigenvalue weighted by Gasteiger charge is -2.60. The highest BCUT2D eigenvalue weighted by Gasteiger charge is 2.59. The molecular formula is C21H23F3O4S2. The Balaban J connectivity index is 1.63. The van der Waals surface area contributed by atoms with Crippen molar-refractivity contribution in [3.63, 3.8) is 0 Å². The quantitative estimate of drug-likeness (QED) is 0.469. The fourth-order valence-corrected chi connectivity index (χ4v) is 11.1. The van der Waals surface area contributed by atoms with Gasteiger partial charge < -0.3 is 5.11 Å². The van der Waals surface area contributed by atoms with Crippen molar-refractivity contribution in [3.05, 3.63) is 47.5 Å². The molecule has 0 aromatic heterocycles. The van der Waals surface area contributed by atoms with Crippen molar-refractivity contribution in [3.8, 4) is 0 Å². The third-order valence-electron chi connectivity index (χ3n) is 6.53. The van der Waals surface area contributed by atoms with E-state index in [0.29, 0.717) is 31.2 Å². The number of halogens is 3. The molecule has 9 heteroatoms. The lowest BCUT2D eigenvalue weighted by atomic mass is 9.49. The van der Waals surface area contributed by atoms with Crippen molar-refractivity contribution in [1.82, 2.24) is 0 Å². The summed E-state index contributed by atoms with van der Waals surface area (Å²) in [5.74, 6) is -1.84. The number of aliphatic carboxylic acids is 1. The van der Waals surface area contributed by atoms with E-state index in [9.17, 15) is 26.4 Å². The molecule has 2 atom stereocenters. The Morgan fingerprint density at radius 1 is 1.13 bits per heavy atom. The smallest absolute Gasteiger partial charge is 0.423 e. The normalized spacial score (nSPS) is 33.6. The molecule has 4 nitrogen and oxygen atoms in total. The molecule has 4 aliphatic carbocycles. The Labute approximate surface area is 177 Å². The molecular weight excluding hydrogens is 437 g/mol. The van der Waals surface area contributed by atoms with E-state index in [1.54, 1.807) is 30.3 Å². The number of allylic oxidation sites excluding steroid dienone is 1. The van der Waals surface area contributed by atoms with Gasteiger partial charge in [0.1, 0.15) is 5.57 Å². The van der Waals surface area contributed by atoms with Gasteiger partial charge in [-0.05, 0) is 72.1 Å². The van der Waals surface area contributed by atoms with Crippen LogP contribution in [0.1, 0.15) is 44.1 Å². The Morgan fingerprint density at radius 3 is 2.27 bits per heavy atom. The summed E-state index contributed by atoms with van der Waals surface area (Å²) < 4.78 is 65.2. The molecule has 0 radical (unpaired) electrons. The van der Waals surface area contributed by atoms with Crippen LogP contribution in [0.3, 0.4) is 0 Å². The van der Waals surface area contributed by atoms with Crippen LogP contribution in [0, 0.1) is 17.3 Å². The fourth-order valence-electron chi connectivity index (χ4n) is 6.16. The lowest BCUT2D eigenvalue weighted by Crippen LogP contribution is -2.54. The Kier molecular flexibility index (Phi) is 5.28. The van der Waals surface area contributed by atoms with Crippen LogP contribution in [0.4, 0.5) is 13.2 Å². The summed E-state index contributed by atoms with van der Waals surface area (Å²) in [5, 5.41) is 9.14. The van der Waals surface area contributed by atoms with Crippen molar-refractivity contribution >= 4 is 25.6 Å². The third-order valence-corrected chi connectivity index (χ3v) is 10.5. The van der Waals surface area contributed by atoms with Gasteiger partial charge in [-0.2, -0.15) is 13.2 Å². The van der Waals surface area contributed by atoms with Crippen molar-refractivity contribution in [2.24, 2.45) is 17.3 Å². The van der Waals surface area contributed by atoms with Gasteiger partial charge in [0.25, 0.3) is 0 Å². The SMILES string of the molecule is O=C(O)C(=CC12CC3CC(C1)CC(SS(=O)(=O)Cc1ccccc1)(C3)C2)C(F)(F)F. The third kappa shape index (κ3) is 4.42. The number of hydrogen-bond acceptors (Lipinski definition) is 4. The Bertz CT molecular complexity index is 956. The molecule has 1 aromatic rings. The van der Waals surface area contributed by atoms with Crippen molar-refractivity contribution in [2.75, 3.05) is 0 Å². The maximum Gasteiger partial charge on any atom is 0.423 e. The van der Waals surface area contributed by atoms with Crippen LogP contribution in [0.2, 0.25) is 0 Å². The number of alkyl halides is 3. The number of hydrogen-bond donors (Lipinski definition) is 1. The molecule has 30 heavy (non-hydrogen) atoms. The molecule has 164 valence electrons. The minimum atomic E-state index is -4.94. The maximum absolute atomic E-state index is 13.3. The molecule has 4 fully saturated rings. The van der Waals surface area contributed by atoms with Crippen molar-refractivity contribution in [1.29, 1.82) is 0 Å². The van der Waals surface area contributed by atoms with Crippen LogP contribution in [-0.2, 0) is 19.4 Å². The highest BCUT2D eigenvalue weighted by molar-refractivity contribution is 8.72. The fraction of sp³-hybridized carbons (Fsp3) is 0.571. The van der Waals surface area contributed by atoms with Gasteiger partial charge in [0.05, 0.1) is 5.75 Å². The van der Waals surface area contributed by atoms with Crippen LogP contribution < -0.4 is 0 Å². The van der Waals surface area contributed by atoms with E-state index in [-0.39, 0.29) is 24.0 Å². The van der Waals surface area contributed by atoms with Gasteiger partial charge >= 0.3 is 12.1 Å². The average Bonchev–Trinajstić information content (AvgIpc) is 2.56. The summed E-state index contributed by atoms with van der Waals surface area (Å²) in [6.45, 7) is 0. The zero-order valence-electron chi connectivity index (χ0n) is 16.2. The van der Waals surface area contributed by atoms with E-state index in [4.69, 9.17) is 5.11 Å². The first-order valence-electron chi connectivity index (χ1n) is 9.90. The molecule has 5 rings (SSSR count). The topological polar surface area (TPSA) is 71.4 Å². The summed E-state index contributed by atoms with van der Waals surface area (Å²) >= 11 is 0. The van der Waals surface area contributed by atoms with E-state index < -0.39 is 36.7 Å². The minimum absolute atomic E-state index is 0.124. The number of carbonyl (C=O) groups is 1. The first kappa shape index (κ1) is 21.7. The van der Waals surface area contributed by atoms with Crippen LogP contribution in [0.5, 0.6) is 0 Å². The molecule has 0 heterocycles. The first-order valence-corrected chi connectivity index (χ1v) is 12.9. The second-order valence-electron chi connectivity index (χ2n) is 9.14. The largest absolute Gasteiger partial charge is 0.478 e. The van der Waals surface area contributed by atoms with Gasteiger partial charge in [0.2, 0.25) is 8.87 Å². The zero-order valence-corrected chi connectivity index (χ0v) is 17.8. The standard InChI is InChI=1S/C21H23F3O4S2/c22-21(23,24)17(18(25)26)11-19-7-15-6-16(8-19)10-20(9-15,13-19)29-30(27,28)12-14-4-2-1-3-5-14/h1-5,11,15-16H,6-10,12-13H2,(H,25,26). The predicted octanol–water partition coefficient (Wildman–Crippen LogP) is 5.16. The van der Waals surface area contributed by atoms with Gasteiger partial charge in [-0.15, -0.1) is 0 Å². The molecule has 2 unspecified atom stereocenters. The van der Waals surface area contributed by atoms with E-state index in [1.807, 2.05) is 0 Å². The van der Waals surface area contributed by atoms with E-state index in [2.05, 4.69) is 0 Å². The highest BCUT2D eigenvalue weighted by atomic mass is 33.1. The summed E-state index contributed by atoms with van der Waals surface area (Å²) in [7, 11) is -2.63. The predicted molar refractivity (Wildman–Crippen MR) is 108 cm³/mol. The summed E-state index contributed by atoms with van der Waals surface area (Å²) in [4.78, 5) is 11.3. The molecule has 0 amide bonds. The van der Waals surface area contributed by atoms with Gasteiger partial charge in [-0.25, -0.2) is 13.2 Å². The molecule has 1 N–H and O–H groups in total. The molecule has 1 aromatic carbocycles.